The fraction of sp³-hybridized carbons (Fsp3) is 0.312. The predicted molar refractivity (Wildman–Crippen MR) is 153 cm³/mol. The van der Waals surface area contributed by atoms with Gasteiger partial charge in [0.2, 0.25) is 0 Å². The lowest BCUT2D eigenvalue weighted by Gasteiger charge is -2.38. The van der Waals surface area contributed by atoms with Crippen molar-refractivity contribution in [3.05, 3.63) is 72.3 Å². The van der Waals surface area contributed by atoms with E-state index < -0.39 is 5.97 Å². The van der Waals surface area contributed by atoms with Gasteiger partial charge < -0.3 is 19.1 Å². The number of piperidine rings is 1. The minimum atomic E-state index is -0.570. The minimum Gasteiger partial charge on any atom is -0.497 e. The number of amides is 1. The lowest BCUT2D eigenvalue weighted by Crippen LogP contribution is -2.49. The third-order valence-electron chi connectivity index (χ3n) is 7.44. The molecule has 206 valence electrons. The summed E-state index contributed by atoms with van der Waals surface area (Å²) in [6.07, 6.45) is 3.02. The van der Waals surface area contributed by atoms with E-state index in [1.54, 1.807) is 32.4 Å². The highest BCUT2D eigenvalue weighted by Crippen LogP contribution is 2.33. The van der Waals surface area contributed by atoms with E-state index in [-0.39, 0.29) is 24.6 Å². The number of nitrogens with zero attached hydrogens (tertiary/aromatic N) is 3. The van der Waals surface area contributed by atoms with Gasteiger partial charge in [-0.1, -0.05) is 0 Å². The summed E-state index contributed by atoms with van der Waals surface area (Å²) in [6, 6.07) is 20.6. The van der Waals surface area contributed by atoms with Crippen molar-refractivity contribution in [1.82, 2.24) is 14.9 Å². The van der Waals surface area contributed by atoms with Gasteiger partial charge >= 0.3 is 5.97 Å². The average molecular weight is 540 g/mol. The summed E-state index contributed by atoms with van der Waals surface area (Å²) in [7, 11) is 3.25. The first kappa shape index (κ1) is 27.1. The minimum absolute atomic E-state index is 0.141. The van der Waals surface area contributed by atoms with Crippen LogP contribution in [0.4, 0.5) is 0 Å². The SMILES string of the molecule is COc1ccc(-c2nc3ccc(C(=O)OCC(=O)N4[C@@H](C)CCC[C@@H]4C)cc3nc2-c2ccc(OC)cc2)cc1. The maximum Gasteiger partial charge on any atom is 0.338 e. The van der Waals surface area contributed by atoms with E-state index in [4.69, 9.17) is 24.2 Å². The zero-order chi connectivity index (χ0) is 28.2. The molecule has 3 aromatic carbocycles. The maximum absolute atomic E-state index is 12.9. The quantitative estimate of drug-likeness (QED) is 0.269. The lowest BCUT2D eigenvalue weighted by molar-refractivity contribution is -0.140. The second-order valence-corrected chi connectivity index (χ2v) is 10.1. The molecule has 1 amide bonds. The van der Waals surface area contributed by atoms with Crippen LogP contribution in [0.15, 0.2) is 66.7 Å². The molecule has 8 heteroatoms. The van der Waals surface area contributed by atoms with Crippen LogP contribution in [-0.2, 0) is 9.53 Å². The smallest absolute Gasteiger partial charge is 0.338 e. The normalized spacial score (nSPS) is 16.9. The highest BCUT2D eigenvalue weighted by atomic mass is 16.5. The van der Waals surface area contributed by atoms with Crippen molar-refractivity contribution in [2.24, 2.45) is 0 Å². The average Bonchev–Trinajstić information content (AvgIpc) is 2.99. The van der Waals surface area contributed by atoms with Gasteiger partial charge in [0.25, 0.3) is 5.91 Å². The Morgan fingerprint density at radius 2 is 1.30 bits per heavy atom. The molecule has 2 heterocycles. The second kappa shape index (κ2) is 11.7. The summed E-state index contributed by atoms with van der Waals surface area (Å²) >= 11 is 0. The number of fused-ring (bicyclic) bond motifs is 1. The number of hydrogen-bond donors (Lipinski definition) is 0. The van der Waals surface area contributed by atoms with Gasteiger partial charge in [0.1, 0.15) is 11.5 Å². The van der Waals surface area contributed by atoms with Crippen LogP contribution in [0.3, 0.4) is 0 Å². The largest absolute Gasteiger partial charge is 0.497 e. The van der Waals surface area contributed by atoms with Gasteiger partial charge in [0.15, 0.2) is 6.61 Å². The Morgan fingerprint density at radius 3 is 1.82 bits per heavy atom. The summed E-state index contributed by atoms with van der Waals surface area (Å²) in [5, 5.41) is 0. The zero-order valence-electron chi connectivity index (χ0n) is 23.2. The van der Waals surface area contributed by atoms with E-state index >= 15 is 0 Å². The molecule has 0 saturated carbocycles. The van der Waals surface area contributed by atoms with Crippen LogP contribution in [0.5, 0.6) is 11.5 Å². The standard InChI is InChI=1S/C32H33N3O5/c1-20-6-5-7-21(2)35(20)29(36)19-40-32(37)24-12-17-27-28(18-24)34-31(23-10-15-26(39-4)16-11-23)30(33-27)22-8-13-25(38-3)14-9-22/h8-18,20-21H,5-7,19H2,1-4H3/t20-,21-/m0/s1. The predicted octanol–water partition coefficient (Wildman–Crippen LogP) is 5.93. The fourth-order valence-electron chi connectivity index (χ4n) is 5.28. The topological polar surface area (TPSA) is 90.9 Å². The van der Waals surface area contributed by atoms with Gasteiger partial charge in [-0.25, -0.2) is 14.8 Å². The number of carbonyl (C=O) groups is 2. The summed E-state index contributed by atoms with van der Waals surface area (Å²) in [4.78, 5) is 37.5. The van der Waals surface area contributed by atoms with Crippen LogP contribution in [0.25, 0.3) is 33.5 Å². The van der Waals surface area contributed by atoms with E-state index in [0.29, 0.717) is 28.0 Å². The number of hydrogen-bond acceptors (Lipinski definition) is 7. The van der Waals surface area contributed by atoms with Crippen molar-refractivity contribution in [2.45, 2.75) is 45.2 Å². The van der Waals surface area contributed by atoms with Crippen LogP contribution in [0, 0.1) is 0 Å². The molecular weight excluding hydrogens is 506 g/mol. The Balaban J connectivity index is 1.45. The molecule has 40 heavy (non-hydrogen) atoms. The Morgan fingerprint density at radius 1 is 0.775 bits per heavy atom. The second-order valence-electron chi connectivity index (χ2n) is 10.1. The fourth-order valence-corrected chi connectivity index (χ4v) is 5.28. The third-order valence-corrected chi connectivity index (χ3v) is 7.44. The number of benzene rings is 3. The van der Waals surface area contributed by atoms with Gasteiger partial charge in [-0.15, -0.1) is 0 Å². The summed E-state index contributed by atoms with van der Waals surface area (Å²) in [5.41, 5.74) is 4.58. The van der Waals surface area contributed by atoms with Crippen molar-refractivity contribution in [1.29, 1.82) is 0 Å². The van der Waals surface area contributed by atoms with Crippen molar-refractivity contribution in [3.63, 3.8) is 0 Å². The van der Waals surface area contributed by atoms with E-state index in [9.17, 15) is 9.59 Å². The number of carbonyl (C=O) groups excluding carboxylic acids is 2. The molecule has 0 radical (unpaired) electrons. The van der Waals surface area contributed by atoms with Crippen LogP contribution in [-0.4, -0.2) is 59.7 Å². The summed E-state index contributed by atoms with van der Waals surface area (Å²) < 4.78 is 16.1. The van der Waals surface area contributed by atoms with Crippen molar-refractivity contribution >= 4 is 22.9 Å². The first-order valence-electron chi connectivity index (χ1n) is 13.5. The van der Waals surface area contributed by atoms with E-state index in [0.717, 1.165) is 41.9 Å². The molecule has 2 atom stereocenters. The molecule has 5 rings (SSSR count). The number of esters is 1. The maximum atomic E-state index is 12.9. The summed E-state index contributed by atoms with van der Waals surface area (Å²) in [5.74, 6) is 0.741. The number of aromatic nitrogens is 2. The van der Waals surface area contributed by atoms with Crippen molar-refractivity contribution < 1.29 is 23.8 Å². The molecule has 4 aromatic rings. The van der Waals surface area contributed by atoms with Gasteiger partial charge in [-0.3, -0.25) is 4.79 Å². The van der Waals surface area contributed by atoms with E-state index in [1.807, 2.05) is 67.3 Å². The molecule has 1 aliphatic rings. The Bertz CT molecular complexity index is 1510. The van der Waals surface area contributed by atoms with E-state index in [1.165, 1.54) is 0 Å². The Kier molecular flexibility index (Phi) is 7.96. The zero-order valence-corrected chi connectivity index (χ0v) is 23.2. The molecule has 0 N–H and O–H groups in total. The monoisotopic (exact) mass is 539 g/mol. The highest BCUT2D eigenvalue weighted by molar-refractivity contribution is 5.96. The molecule has 0 unspecified atom stereocenters. The first-order chi connectivity index (χ1) is 19.4. The first-order valence-corrected chi connectivity index (χ1v) is 13.5. The number of rotatable bonds is 7. The van der Waals surface area contributed by atoms with Crippen LogP contribution < -0.4 is 9.47 Å². The molecule has 1 fully saturated rings. The molecule has 1 saturated heterocycles. The van der Waals surface area contributed by atoms with Crippen LogP contribution >= 0.6 is 0 Å². The molecule has 8 nitrogen and oxygen atoms in total. The Hall–Kier alpha value is -4.46. The number of methoxy groups -OCH3 is 2. The Labute approximate surface area is 233 Å². The molecular formula is C32H33N3O5. The van der Waals surface area contributed by atoms with Gasteiger partial charge in [-0.2, -0.15) is 0 Å². The third kappa shape index (κ3) is 5.61. The van der Waals surface area contributed by atoms with Gasteiger partial charge in [-0.05, 0) is 99.8 Å². The van der Waals surface area contributed by atoms with Gasteiger partial charge in [0.05, 0.1) is 42.2 Å². The molecule has 0 spiro atoms. The molecule has 1 aromatic heterocycles. The number of likely N-dealkylation sites (tertiary alicyclic amines) is 1. The van der Waals surface area contributed by atoms with E-state index in [2.05, 4.69) is 0 Å². The summed E-state index contributed by atoms with van der Waals surface area (Å²) in [6.45, 7) is 3.79. The lowest BCUT2D eigenvalue weighted by atomic mass is 9.97. The molecule has 0 bridgehead atoms. The molecule has 1 aliphatic heterocycles. The van der Waals surface area contributed by atoms with Crippen molar-refractivity contribution in [3.8, 4) is 34.0 Å². The molecule has 0 aliphatic carbocycles. The number of ether oxygens (including phenoxy) is 3. The van der Waals surface area contributed by atoms with Crippen molar-refractivity contribution in [2.75, 3.05) is 20.8 Å². The van der Waals surface area contributed by atoms with Crippen LogP contribution in [0.1, 0.15) is 43.5 Å². The van der Waals surface area contributed by atoms with Crippen LogP contribution in [0.2, 0.25) is 0 Å². The van der Waals surface area contributed by atoms with Gasteiger partial charge in [0, 0.05) is 23.2 Å². The highest BCUT2D eigenvalue weighted by Gasteiger charge is 2.29.